The third-order valence-electron chi connectivity index (χ3n) is 1.99. The molecule has 0 aliphatic rings. The first-order valence-corrected chi connectivity index (χ1v) is 4.70. The second-order valence-electron chi connectivity index (χ2n) is 3.02. The van der Waals surface area contributed by atoms with E-state index in [0.29, 0.717) is 16.0 Å². The van der Waals surface area contributed by atoms with Gasteiger partial charge in [-0.2, -0.15) is 5.26 Å². The number of aliphatic carboxylic acids is 1. The number of thiol groups is 1. The molecule has 3 N–H and O–H groups in total. The summed E-state index contributed by atoms with van der Waals surface area (Å²) in [6, 6.07) is 5.12. The molecule has 1 aromatic carbocycles. The number of nitrogens with zero attached hydrogens (tertiary/aromatic N) is 1. The van der Waals surface area contributed by atoms with Gasteiger partial charge in [0.1, 0.15) is 0 Å². The van der Waals surface area contributed by atoms with Crippen molar-refractivity contribution in [2.24, 2.45) is 5.73 Å². The van der Waals surface area contributed by atoms with Gasteiger partial charge in [-0.25, -0.2) is 0 Å². The van der Waals surface area contributed by atoms with Crippen LogP contribution in [0.3, 0.4) is 0 Å². The maximum Gasteiger partial charge on any atom is 0.307 e. The van der Waals surface area contributed by atoms with Crippen LogP contribution in [-0.2, 0) is 17.8 Å². The van der Waals surface area contributed by atoms with E-state index in [4.69, 9.17) is 16.1 Å². The predicted octanol–water partition coefficient (Wildman–Crippen LogP) is 0.933. The molecule has 0 bridgehead atoms. The highest BCUT2D eigenvalue weighted by atomic mass is 32.1. The Labute approximate surface area is 92.7 Å². The van der Waals surface area contributed by atoms with Crippen molar-refractivity contribution in [3.05, 3.63) is 28.8 Å². The molecule has 0 saturated heterocycles. The van der Waals surface area contributed by atoms with Gasteiger partial charge in [0.05, 0.1) is 18.1 Å². The van der Waals surface area contributed by atoms with Crippen LogP contribution in [0.5, 0.6) is 0 Å². The molecule has 0 aromatic heterocycles. The van der Waals surface area contributed by atoms with E-state index in [1.807, 2.05) is 6.07 Å². The van der Waals surface area contributed by atoms with Crippen LogP contribution >= 0.6 is 12.6 Å². The zero-order valence-electron chi connectivity index (χ0n) is 7.90. The zero-order chi connectivity index (χ0) is 11.4. The topological polar surface area (TPSA) is 87.1 Å². The SMILES string of the molecule is N#Cc1cc(CN)c(S)cc1CC(=O)O. The fraction of sp³-hybridized carbons (Fsp3) is 0.200. The molecule has 78 valence electrons. The number of carboxylic acids is 1. The normalized spacial score (nSPS) is 9.67. The van der Waals surface area contributed by atoms with E-state index in [2.05, 4.69) is 12.6 Å². The molecule has 15 heavy (non-hydrogen) atoms. The van der Waals surface area contributed by atoms with Crippen molar-refractivity contribution in [2.75, 3.05) is 0 Å². The Balaban J connectivity index is 3.22. The molecular weight excluding hydrogens is 212 g/mol. The van der Waals surface area contributed by atoms with Gasteiger partial charge in [0.25, 0.3) is 0 Å². The summed E-state index contributed by atoms with van der Waals surface area (Å²) in [6.07, 6.45) is -0.179. The lowest BCUT2D eigenvalue weighted by Crippen LogP contribution is -2.05. The number of benzene rings is 1. The Morgan fingerprint density at radius 1 is 1.53 bits per heavy atom. The first-order chi connectivity index (χ1) is 7.08. The number of carbonyl (C=O) groups is 1. The van der Waals surface area contributed by atoms with Crippen LogP contribution in [0.2, 0.25) is 0 Å². The number of carboxylic acid groups (broad SMARTS) is 1. The van der Waals surface area contributed by atoms with Gasteiger partial charge in [0.15, 0.2) is 0 Å². The summed E-state index contributed by atoms with van der Waals surface area (Å²) in [6.45, 7) is 0.279. The molecular formula is C10H10N2O2S. The molecule has 0 radical (unpaired) electrons. The van der Waals surface area contributed by atoms with Gasteiger partial charge < -0.3 is 10.8 Å². The highest BCUT2D eigenvalue weighted by Gasteiger charge is 2.09. The molecule has 0 heterocycles. The lowest BCUT2D eigenvalue weighted by atomic mass is 10.0. The van der Waals surface area contributed by atoms with Crippen LogP contribution in [0.1, 0.15) is 16.7 Å². The van der Waals surface area contributed by atoms with E-state index in [-0.39, 0.29) is 13.0 Å². The van der Waals surface area contributed by atoms with Crippen LogP contribution in [0.4, 0.5) is 0 Å². The molecule has 0 saturated carbocycles. The lowest BCUT2D eigenvalue weighted by Gasteiger charge is -2.06. The molecule has 0 spiro atoms. The second kappa shape index (κ2) is 4.82. The smallest absolute Gasteiger partial charge is 0.307 e. The number of nitrogens with two attached hydrogens (primary N) is 1. The van der Waals surface area contributed by atoms with Gasteiger partial charge >= 0.3 is 5.97 Å². The van der Waals surface area contributed by atoms with Crippen molar-refractivity contribution in [2.45, 2.75) is 17.9 Å². The Bertz CT molecular complexity index is 438. The first-order valence-electron chi connectivity index (χ1n) is 4.25. The maximum absolute atomic E-state index is 10.5. The summed E-state index contributed by atoms with van der Waals surface area (Å²) in [7, 11) is 0. The summed E-state index contributed by atoms with van der Waals surface area (Å²) in [5.41, 5.74) is 7.00. The fourth-order valence-electron chi connectivity index (χ4n) is 1.25. The van der Waals surface area contributed by atoms with E-state index in [1.165, 1.54) is 0 Å². The minimum atomic E-state index is -0.972. The minimum absolute atomic E-state index is 0.179. The molecule has 1 rings (SSSR count). The quantitative estimate of drug-likeness (QED) is 0.664. The van der Waals surface area contributed by atoms with Crippen molar-refractivity contribution in [1.82, 2.24) is 0 Å². The van der Waals surface area contributed by atoms with E-state index in [9.17, 15) is 4.79 Å². The molecule has 0 fully saturated rings. The van der Waals surface area contributed by atoms with Gasteiger partial charge in [0.2, 0.25) is 0 Å². The maximum atomic E-state index is 10.5. The minimum Gasteiger partial charge on any atom is -0.481 e. The Morgan fingerprint density at radius 2 is 2.20 bits per heavy atom. The molecule has 0 atom stereocenters. The summed E-state index contributed by atoms with van der Waals surface area (Å²) in [5, 5.41) is 17.5. The average molecular weight is 222 g/mol. The Morgan fingerprint density at radius 3 is 2.67 bits per heavy atom. The monoisotopic (exact) mass is 222 g/mol. The van der Waals surface area contributed by atoms with Gasteiger partial charge in [-0.3, -0.25) is 4.79 Å². The summed E-state index contributed by atoms with van der Waals surface area (Å²) < 4.78 is 0. The van der Waals surface area contributed by atoms with Crippen molar-refractivity contribution in [3.8, 4) is 6.07 Å². The molecule has 5 heteroatoms. The number of nitriles is 1. The van der Waals surface area contributed by atoms with Crippen molar-refractivity contribution >= 4 is 18.6 Å². The third kappa shape index (κ3) is 2.72. The van der Waals surface area contributed by atoms with E-state index >= 15 is 0 Å². The zero-order valence-corrected chi connectivity index (χ0v) is 8.79. The fourth-order valence-corrected chi connectivity index (χ4v) is 1.56. The summed E-state index contributed by atoms with van der Waals surface area (Å²) in [5.74, 6) is -0.972. The van der Waals surface area contributed by atoms with Crippen LogP contribution < -0.4 is 5.73 Å². The number of hydrogen-bond donors (Lipinski definition) is 3. The van der Waals surface area contributed by atoms with Crippen LogP contribution in [0.25, 0.3) is 0 Å². The van der Waals surface area contributed by atoms with Gasteiger partial charge in [0, 0.05) is 11.4 Å². The molecule has 0 unspecified atom stereocenters. The van der Waals surface area contributed by atoms with Gasteiger partial charge in [-0.05, 0) is 23.3 Å². The Hall–Kier alpha value is -1.51. The highest BCUT2D eigenvalue weighted by Crippen LogP contribution is 2.20. The molecule has 0 aliphatic carbocycles. The lowest BCUT2D eigenvalue weighted by molar-refractivity contribution is -0.136. The number of rotatable bonds is 3. The summed E-state index contributed by atoms with van der Waals surface area (Å²) in [4.78, 5) is 11.2. The predicted molar refractivity (Wildman–Crippen MR) is 57.6 cm³/mol. The molecule has 0 amide bonds. The van der Waals surface area contributed by atoms with Crippen LogP contribution in [0, 0.1) is 11.3 Å². The molecule has 0 aliphatic heterocycles. The average Bonchev–Trinajstić information content (AvgIpc) is 2.17. The molecule has 4 nitrogen and oxygen atoms in total. The standard InChI is InChI=1S/C10H10N2O2S/c11-4-7-1-8(5-12)9(15)2-6(7)3-10(13)14/h1-2,15H,3,5,12H2,(H,13,14). The Kier molecular flexibility index (Phi) is 3.72. The van der Waals surface area contributed by atoms with Gasteiger partial charge in [-0.15, -0.1) is 12.6 Å². The van der Waals surface area contributed by atoms with E-state index in [0.717, 1.165) is 5.56 Å². The summed E-state index contributed by atoms with van der Waals surface area (Å²) >= 11 is 4.17. The van der Waals surface area contributed by atoms with Crippen molar-refractivity contribution in [1.29, 1.82) is 5.26 Å². The highest BCUT2D eigenvalue weighted by molar-refractivity contribution is 7.80. The van der Waals surface area contributed by atoms with Crippen molar-refractivity contribution in [3.63, 3.8) is 0 Å². The third-order valence-corrected chi connectivity index (χ3v) is 2.40. The van der Waals surface area contributed by atoms with E-state index in [1.54, 1.807) is 12.1 Å². The molecule has 1 aromatic rings. The second-order valence-corrected chi connectivity index (χ2v) is 3.51. The van der Waals surface area contributed by atoms with E-state index < -0.39 is 5.97 Å². The van der Waals surface area contributed by atoms with Crippen LogP contribution in [-0.4, -0.2) is 11.1 Å². The van der Waals surface area contributed by atoms with Gasteiger partial charge in [-0.1, -0.05) is 0 Å². The van der Waals surface area contributed by atoms with Crippen LogP contribution in [0.15, 0.2) is 17.0 Å². The number of hydrogen-bond acceptors (Lipinski definition) is 4. The largest absolute Gasteiger partial charge is 0.481 e. The van der Waals surface area contributed by atoms with Crippen molar-refractivity contribution < 1.29 is 9.90 Å². The first kappa shape index (κ1) is 11.6.